The first-order valence-electron chi connectivity index (χ1n) is 4.80. The zero-order valence-electron chi connectivity index (χ0n) is 8.94. The molecule has 0 aliphatic carbocycles. The molecule has 1 nitrogen and oxygen atoms in total. The molecule has 0 aromatic rings. The molecule has 0 aromatic heterocycles. The van der Waals surface area contributed by atoms with E-state index in [-0.39, 0.29) is 3.61 Å². The van der Waals surface area contributed by atoms with Crippen molar-refractivity contribution in [2.75, 3.05) is 5.33 Å². The molecular formula is C10H20BrIO. The summed E-state index contributed by atoms with van der Waals surface area (Å²) >= 11 is 5.87. The lowest BCUT2D eigenvalue weighted by Gasteiger charge is -2.28. The van der Waals surface area contributed by atoms with Gasteiger partial charge in [0.2, 0.25) is 0 Å². The van der Waals surface area contributed by atoms with Crippen molar-refractivity contribution in [2.45, 2.75) is 50.2 Å². The monoisotopic (exact) mass is 362 g/mol. The second kappa shape index (κ2) is 6.62. The van der Waals surface area contributed by atoms with Gasteiger partial charge >= 0.3 is 0 Å². The number of halogens is 2. The van der Waals surface area contributed by atoms with Gasteiger partial charge in [-0.1, -0.05) is 22.9 Å². The van der Waals surface area contributed by atoms with E-state index >= 15 is 0 Å². The van der Waals surface area contributed by atoms with Crippen LogP contribution in [0.15, 0.2) is 0 Å². The van der Waals surface area contributed by atoms with Gasteiger partial charge in [-0.3, -0.25) is 0 Å². The topological polar surface area (TPSA) is 9.23 Å². The number of hydrogen-bond donors (Lipinski definition) is 0. The highest BCUT2D eigenvalue weighted by Gasteiger charge is 2.24. The van der Waals surface area contributed by atoms with E-state index in [0.717, 1.165) is 17.7 Å². The largest absolute Gasteiger partial charge is 0.362 e. The molecule has 13 heavy (non-hydrogen) atoms. The average Bonchev–Trinajstić information content (AvgIpc) is 1.81. The highest BCUT2D eigenvalue weighted by atomic mass is 127. The summed E-state index contributed by atoms with van der Waals surface area (Å²) in [6.45, 7) is 8.62. The molecular weight excluding hydrogens is 343 g/mol. The molecule has 3 heteroatoms. The highest BCUT2D eigenvalue weighted by molar-refractivity contribution is 14.1. The zero-order valence-corrected chi connectivity index (χ0v) is 12.7. The Morgan fingerprint density at radius 2 is 1.92 bits per heavy atom. The zero-order chi connectivity index (χ0) is 10.5. The lowest BCUT2D eigenvalue weighted by molar-refractivity contribution is -0.00558. The van der Waals surface area contributed by atoms with Gasteiger partial charge in [-0.2, -0.15) is 0 Å². The Balaban J connectivity index is 3.85. The van der Waals surface area contributed by atoms with Gasteiger partial charge in [0, 0.05) is 5.33 Å². The molecule has 0 aliphatic heterocycles. The van der Waals surface area contributed by atoms with Crippen molar-refractivity contribution >= 4 is 38.5 Å². The van der Waals surface area contributed by atoms with Gasteiger partial charge in [0.05, 0.1) is 6.10 Å². The minimum absolute atomic E-state index is 0.00644. The van der Waals surface area contributed by atoms with E-state index in [1.54, 1.807) is 0 Å². The van der Waals surface area contributed by atoms with Crippen molar-refractivity contribution in [1.82, 2.24) is 0 Å². The Bertz CT molecular complexity index is 137. The Morgan fingerprint density at radius 3 is 2.31 bits per heavy atom. The predicted molar refractivity (Wildman–Crippen MR) is 70.8 cm³/mol. The summed E-state index contributed by atoms with van der Waals surface area (Å²) in [5.41, 5.74) is 0. The summed E-state index contributed by atoms with van der Waals surface area (Å²) in [6, 6.07) is 0. The molecule has 0 bridgehead atoms. The van der Waals surface area contributed by atoms with E-state index in [1.807, 2.05) is 0 Å². The molecule has 0 heterocycles. The second-order valence-electron chi connectivity index (χ2n) is 4.06. The fourth-order valence-corrected chi connectivity index (χ4v) is 3.49. The molecule has 80 valence electrons. The molecule has 0 saturated heterocycles. The Kier molecular flexibility index (Phi) is 7.21. The summed E-state index contributed by atoms with van der Waals surface area (Å²) in [7, 11) is 0. The van der Waals surface area contributed by atoms with E-state index < -0.39 is 0 Å². The summed E-state index contributed by atoms with van der Waals surface area (Å²) in [6.07, 6.45) is 2.66. The quantitative estimate of drug-likeness (QED) is 0.503. The summed E-state index contributed by atoms with van der Waals surface area (Å²) in [5.74, 6) is 0.722. The number of alkyl halides is 2. The molecule has 0 N–H and O–H groups in total. The third-order valence-electron chi connectivity index (χ3n) is 1.80. The first-order chi connectivity index (χ1) is 5.87. The minimum Gasteiger partial charge on any atom is -0.362 e. The SMILES string of the molecule is CC(C)OC(C)(I)C[C@@H](C)CCBr. The molecule has 0 aliphatic rings. The van der Waals surface area contributed by atoms with Gasteiger partial charge in [-0.15, -0.1) is 0 Å². The summed E-state index contributed by atoms with van der Waals surface area (Å²) in [4.78, 5) is 0. The molecule has 2 atom stereocenters. The van der Waals surface area contributed by atoms with Crippen molar-refractivity contribution in [1.29, 1.82) is 0 Å². The van der Waals surface area contributed by atoms with Crippen LogP contribution in [0.25, 0.3) is 0 Å². The van der Waals surface area contributed by atoms with Crippen molar-refractivity contribution in [3.05, 3.63) is 0 Å². The van der Waals surface area contributed by atoms with Crippen LogP contribution in [0, 0.1) is 5.92 Å². The predicted octanol–water partition coefficient (Wildman–Crippen LogP) is 4.37. The summed E-state index contributed by atoms with van der Waals surface area (Å²) < 4.78 is 5.82. The molecule has 0 radical (unpaired) electrons. The first-order valence-corrected chi connectivity index (χ1v) is 7.00. The number of rotatable bonds is 6. The molecule has 0 saturated carbocycles. The summed E-state index contributed by atoms with van der Waals surface area (Å²) in [5, 5.41) is 1.09. The van der Waals surface area contributed by atoms with Gasteiger partial charge in [0.25, 0.3) is 0 Å². The van der Waals surface area contributed by atoms with Crippen LogP contribution in [0.1, 0.15) is 40.5 Å². The molecule has 0 fully saturated rings. The van der Waals surface area contributed by atoms with Gasteiger partial charge in [-0.05, 0) is 62.1 Å². The van der Waals surface area contributed by atoms with Crippen LogP contribution in [0.4, 0.5) is 0 Å². The second-order valence-corrected chi connectivity index (χ2v) is 7.13. The van der Waals surface area contributed by atoms with E-state index in [1.165, 1.54) is 6.42 Å². The van der Waals surface area contributed by atoms with Crippen LogP contribution in [0.5, 0.6) is 0 Å². The van der Waals surface area contributed by atoms with Gasteiger partial charge in [0.15, 0.2) is 0 Å². The molecule has 0 aromatic carbocycles. The normalized spacial score (nSPS) is 18.7. The van der Waals surface area contributed by atoms with E-state index in [9.17, 15) is 0 Å². The lowest BCUT2D eigenvalue weighted by atomic mass is 10.0. The van der Waals surface area contributed by atoms with Crippen LogP contribution in [-0.2, 0) is 4.74 Å². The van der Waals surface area contributed by atoms with Gasteiger partial charge in [-0.25, -0.2) is 0 Å². The number of ether oxygens (including phenoxy) is 1. The van der Waals surface area contributed by atoms with Crippen LogP contribution in [0.2, 0.25) is 0 Å². The fourth-order valence-electron chi connectivity index (χ4n) is 1.45. The number of hydrogen-bond acceptors (Lipinski definition) is 1. The van der Waals surface area contributed by atoms with Crippen molar-refractivity contribution in [3.8, 4) is 0 Å². The lowest BCUT2D eigenvalue weighted by Crippen LogP contribution is -2.26. The van der Waals surface area contributed by atoms with Crippen LogP contribution >= 0.6 is 38.5 Å². The Morgan fingerprint density at radius 1 is 1.38 bits per heavy atom. The molecule has 1 unspecified atom stereocenters. The van der Waals surface area contributed by atoms with Gasteiger partial charge in [0.1, 0.15) is 3.61 Å². The Hall–Kier alpha value is 1.17. The van der Waals surface area contributed by atoms with Crippen molar-refractivity contribution in [2.24, 2.45) is 5.92 Å². The highest BCUT2D eigenvalue weighted by Crippen LogP contribution is 2.30. The van der Waals surface area contributed by atoms with Crippen LogP contribution < -0.4 is 0 Å². The third kappa shape index (κ3) is 8.18. The maximum absolute atomic E-state index is 5.83. The fraction of sp³-hybridized carbons (Fsp3) is 1.00. The molecule has 0 rings (SSSR count). The molecule has 0 amide bonds. The molecule has 0 spiro atoms. The van der Waals surface area contributed by atoms with Crippen LogP contribution in [-0.4, -0.2) is 15.0 Å². The van der Waals surface area contributed by atoms with Crippen LogP contribution in [0.3, 0.4) is 0 Å². The maximum Gasteiger partial charge on any atom is 0.116 e. The van der Waals surface area contributed by atoms with Gasteiger partial charge < -0.3 is 4.74 Å². The minimum atomic E-state index is -0.00644. The maximum atomic E-state index is 5.83. The average molecular weight is 363 g/mol. The first kappa shape index (κ1) is 14.2. The third-order valence-corrected chi connectivity index (χ3v) is 2.95. The smallest absolute Gasteiger partial charge is 0.116 e. The van der Waals surface area contributed by atoms with Crippen molar-refractivity contribution < 1.29 is 4.74 Å². The van der Waals surface area contributed by atoms with E-state index in [2.05, 4.69) is 66.2 Å². The van der Waals surface area contributed by atoms with E-state index in [4.69, 9.17) is 4.74 Å². The standard InChI is InChI=1S/C10H20BrIO/c1-8(2)13-10(4,12)7-9(3)5-6-11/h8-9H,5-7H2,1-4H3/t9-,10?/m0/s1. The van der Waals surface area contributed by atoms with Crippen molar-refractivity contribution in [3.63, 3.8) is 0 Å². The van der Waals surface area contributed by atoms with E-state index in [0.29, 0.717) is 6.10 Å². The Labute approximate surface area is 104 Å².